The van der Waals surface area contributed by atoms with Gasteiger partial charge in [-0.1, -0.05) is 19.4 Å². The summed E-state index contributed by atoms with van der Waals surface area (Å²) < 4.78 is 0. The molecule has 0 bridgehead atoms. The highest BCUT2D eigenvalue weighted by Crippen LogP contribution is 2.09. The first-order chi connectivity index (χ1) is 4.89. The van der Waals surface area contributed by atoms with Crippen LogP contribution >= 0.6 is 0 Å². The molecule has 10 heavy (non-hydrogen) atoms. The van der Waals surface area contributed by atoms with Crippen LogP contribution < -0.4 is 0 Å². The Morgan fingerprint density at radius 1 is 1.40 bits per heavy atom. The molecule has 0 aromatic carbocycles. The molecule has 1 aliphatic heterocycles. The Balaban J connectivity index is 2.40. The topological polar surface area (TPSA) is 12.4 Å². The average Bonchev–Trinajstić information content (AvgIpc) is 2.02. The first-order valence-corrected chi connectivity index (χ1v) is 4.06. The predicted octanol–water partition coefficient (Wildman–Crippen LogP) is 2.43. The van der Waals surface area contributed by atoms with Crippen molar-refractivity contribution in [1.29, 1.82) is 0 Å². The normalized spacial score (nSPS) is 27.1. The van der Waals surface area contributed by atoms with E-state index in [-0.39, 0.29) is 0 Å². The second-order valence-electron chi connectivity index (χ2n) is 2.91. The van der Waals surface area contributed by atoms with E-state index in [2.05, 4.69) is 24.1 Å². The standard InChI is InChI=1S/C9H15N/c1-9-5-2-3-7-10-8-4-6-9/h4,6,8-9H,2-3,5,7H2,1H3/t9-/m1/s1. The lowest BCUT2D eigenvalue weighted by molar-refractivity contribution is 0.589. The van der Waals surface area contributed by atoms with Crippen molar-refractivity contribution >= 4 is 6.21 Å². The fourth-order valence-electron chi connectivity index (χ4n) is 1.14. The second-order valence-corrected chi connectivity index (χ2v) is 2.91. The number of hydrogen-bond acceptors (Lipinski definition) is 1. The van der Waals surface area contributed by atoms with Crippen LogP contribution in [0.3, 0.4) is 0 Å². The van der Waals surface area contributed by atoms with Gasteiger partial charge >= 0.3 is 0 Å². The first kappa shape index (κ1) is 7.52. The lowest BCUT2D eigenvalue weighted by atomic mass is 10.0. The summed E-state index contributed by atoms with van der Waals surface area (Å²) in [4.78, 5) is 4.21. The summed E-state index contributed by atoms with van der Waals surface area (Å²) in [5, 5.41) is 0. The van der Waals surface area contributed by atoms with Crippen LogP contribution in [0.4, 0.5) is 0 Å². The van der Waals surface area contributed by atoms with Crippen molar-refractivity contribution in [3.8, 4) is 0 Å². The van der Waals surface area contributed by atoms with Gasteiger partial charge in [0.15, 0.2) is 0 Å². The van der Waals surface area contributed by atoms with Gasteiger partial charge in [-0.25, -0.2) is 0 Å². The molecule has 0 N–H and O–H groups in total. The van der Waals surface area contributed by atoms with E-state index >= 15 is 0 Å². The fourth-order valence-corrected chi connectivity index (χ4v) is 1.14. The zero-order valence-electron chi connectivity index (χ0n) is 6.59. The van der Waals surface area contributed by atoms with Crippen LogP contribution in [0.25, 0.3) is 0 Å². The van der Waals surface area contributed by atoms with Gasteiger partial charge in [-0.2, -0.15) is 0 Å². The lowest BCUT2D eigenvalue weighted by Gasteiger charge is -2.02. The van der Waals surface area contributed by atoms with Crippen molar-refractivity contribution < 1.29 is 0 Å². The highest BCUT2D eigenvalue weighted by Gasteiger charge is 1.96. The summed E-state index contributed by atoms with van der Waals surface area (Å²) >= 11 is 0. The second kappa shape index (κ2) is 4.26. The van der Waals surface area contributed by atoms with Gasteiger partial charge in [0.05, 0.1) is 0 Å². The third-order valence-electron chi connectivity index (χ3n) is 1.83. The van der Waals surface area contributed by atoms with E-state index in [9.17, 15) is 0 Å². The van der Waals surface area contributed by atoms with Crippen LogP contribution in [0, 0.1) is 5.92 Å². The van der Waals surface area contributed by atoms with E-state index in [1.807, 2.05) is 6.21 Å². The van der Waals surface area contributed by atoms with Crippen molar-refractivity contribution in [3.05, 3.63) is 12.2 Å². The zero-order chi connectivity index (χ0) is 7.23. The Morgan fingerprint density at radius 3 is 3.20 bits per heavy atom. The van der Waals surface area contributed by atoms with Crippen LogP contribution in [-0.2, 0) is 0 Å². The van der Waals surface area contributed by atoms with Crippen molar-refractivity contribution in [2.45, 2.75) is 26.2 Å². The molecule has 0 fully saturated rings. The maximum Gasteiger partial charge on any atom is 0.0389 e. The van der Waals surface area contributed by atoms with Crippen LogP contribution in [0.5, 0.6) is 0 Å². The molecule has 1 atom stereocenters. The smallest absolute Gasteiger partial charge is 0.0389 e. The molecule has 0 amide bonds. The predicted molar refractivity (Wildman–Crippen MR) is 45.5 cm³/mol. The largest absolute Gasteiger partial charge is 0.293 e. The molecule has 1 aliphatic rings. The summed E-state index contributed by atoms with van der Waals surface area (Å²) in [6.07, 6.45) is 10.1. The summed E-state index contributed by atoms with van der Waals surface area (Å²) in [6.45, 7) is 3.27. The van der Waals surface area contributed by atoms with Gasteiger partial charge in [-0.05, 0) is 24.8 Å². The van der Waals surface area contributed by atoms with E-state index in [0.29, 0.717) is 0 Å². The molecule has 0 aliphatic carbocycles. The number of nitrogens with zero attached hydrogens (tertiary/aromatic N) is 1. The van der Waals surface area contributed by atoms with Crippen molar-refractivity contribution in [1.82, 2.24) is 0 Å². The van der Waals surface area contributed by atoms with Crippen molar-refractivity contribution in [3.63, 3.8) is 0 Å². The SMILES string of the molecule is C[C@H]1C=CC=NCCCC1. The van der Waals surface area contributed by atoms with Gasteiger partial charge in [0.2, 0.25) is 0 Å². The molecule has 0 saturated carbocycles. The van der Waals surface area contributed by atoms with E-state index in [4.69, 9.17) is 0 Å². The van der Waals surface area contributed by atoms with Crippen molar-refractivity contribution in [2.75, 3.05) is 6.54 Å². The minimum Gasteiger partial charge on any atom is -0.293 e. The first-order valence-electron chi connectivity index (χ1n) is 4.06. The fraction of sp³-hybridized carbons (Fsp3) is 0.667. The quantitative estimate of drug-likeness (QED) is 0.486. The van der Waals surface area contributed by atoms with Gasteiger partial charge in [-0.3, -0.25) is 4.99 Å². The average molecular weight is 137 g/mol. The van der Waals surface area contributed by atoms with Crippen LogP contribution in [0.15, 0.2) is 17.1 Å². The molecule has 1 heteroatoms. The van der Waals surface area contributed by atoms with Crippen LogP contribution in [0.1, 0.15) is 26.2 Å². The molecular formula is C9H15N. The third kappa shape index (κ3) is 2.81. The van der Waals surface area contributed by atoms with Crippen LogP contribution in [-0.4, -0.2) is 12.8 Å². The van der Waals surface area contributed by atoms with Gasteiger partial charge in [-0.15, -0.1) is 0 Å². The third-order valence-corrected chi connectivity index (χ3v) is 1.83. The summed E-state index contributed by atoms with van der Waals surface area (Å²) in [6, 6.07) is 0. The van der Waals surface area contributed by atoms with Gasteiger partial charge in [0.25, 0.3) is 0 Å². The molecule has 56 valence electrons. The van der Waals surface area contributed by atoms with E-state index < -0.39 is 0 Å². The lowest BCUT2D eigenvalue weighted by Crippen LogP contribution is -1.89. The van der Waals surface area contributed by atoms with E-state index in [1.54, 1.807) is 0 Å². The zero-order valence-corrected chi connectivity index (χ0v) is 6.59. The number of hydrogen-bond donors (Lipinski definition) is 0. The molecule has 0 aromatic heterocycles. The van der Waals surface area contributed by atoms with Gasteiger partial charge in [0, 0.05) is 12.8 Å². The Kier molecular flexibility index (Phi) is 3.20. The Labute approximate surface area is 62.9 Å². The Hall–Kier alpha value is -0.590. The highest BCUT2D eigenvalue weighted by atomic mass is 14.7. The number of aliphatic imine (C=N–C) groups is 1. The van der Waals surface area contributed by atoms with E-state index in [1.165, 1.54) is 19.3 Å². The monoisotopic (exact) mass is 137 g/mol. The summed E-state index contributed by atoms with van der Waals surface area (Å²) in [5.41, 5.74) is 0. The minimum absolute atomic E-state index is 0.740. The molecular weight excluding hydrogens is 122 g/mol. The molecule has 1 rings (SSSR count). The molecule has 0 spiro atoms. The molecule has 1 nitrogen and oxygen atoms in total. The Morgan fingerprint density at radius 2 is 2.30 bits per heavy atom. The number of rotatable bonds is 0. The minimum atomic E-state index is 0.740. The van der Waals surface area contributed by atoms with Gasteiger partial charge < -0.3 is 0 Å². The Bertz CT molecular complexity index is 136. The summed E-state index contributed by atoms with van der Waals surface area (Å²) in [7, 11) is 0. The summed E-state index contributed by atoms with van der Waals surface area (Å²) in [5.74, 6) is 0.740. The molecule has 0 saturated heterocycles. The van der Waals surface area contributed by atoms with Crippen LogP contribution in [0.2, 0.25) is 0 Å². The molecule has 0 unspecified atom stereocenters. The molecule has 1 heterocycles. The molecule has 0 aromatic rings. The highest BCUT2D eigenvalue weighted by molar-refractivity contribution is 5.70. The van der Waals surface area contributed by atoms with Crippen molar-refractivity contribution in [2.24, 2.45) is 10.9 Å². The maximum atomic E-state index is 4.21. The van der Waals surface area contributed by atoms with Gasteiger partial charge in [0.1, 0.15) is 0 Å². The maximum absolute atomic E-state index is 4.21. The molecule has 0 radical (unpaired) electrons. The number of allylic oxidation sites excluding steroid dienone is 2. The van der Waals surface area contributed by atoms with E-state index in [0.717, 1.165) is 12.5 Å².